The van der Waals surface area contributed by atoms with E-state index in [4.69, 9.17) is 4.98 Å². The Labute approximate surface area is 168 Å². The van der Waals surface area contributed by atoms with Gasteiger partial charge in [0.05, 0.1) is 16.3 Å². The number of hydrogen-bond acceptors (Lipinski definition) is 5. The number of aryl methyl sites for hydroxylation is 1. The van der Waals surface area contributed by atoms with Crippen LogP contribution in [0, 0.1) is 6.92 Å². The molecule has 3 aromatic rings. The first-order chi connectivity index (χ1) is 13.2. The highest BCUT2D eigenvalue weighted by Gasteiger charge is 2.21. The minimum absolute atomic E-state index is 0.211. The van der Waals surface area contributed by atoms with Crippen molar-refractivity contribution in [3.8, 4) is 0 Å². The third-order valence-corrected chi connectivity index (χ3v) is 6.68. The summed E-state index contributed by atoms with van der Waals surface area (Å²) in [6.45, 7) is 6.62. The molecular weight excluding hydrogens is 374 g/mol. The van der Waals surface area contributed by atoms with E-state index < -0.39 is 0 Å². The van der Waals surface area contributed by atoms with Gasteiger partial charge in [-0.3, -0.25) is 9.69 Å². The molecule has 1 saturated heterocycles. The number of hydrogen-bond donors (Lipinski definition) is 0. The third kappa shape index (κ3) is 4.51. The van der Waals surface area contributed by atoms with Gasteiger partial charge in [0.2, 0.25) is 5.91 Å². The van der Waals surface area contributed by atoms with E-state index in [9.17, 15) is 4.79 Å². The summed E-state index contributed by atoms with van der Waals surface area (Å²) in [7, 11) is 0. The van der Waals surface area contributed by atoms with Crippen molar-refractivity contribution in [2.24, 2.45) is 0 Å². The summed E-state index contributed by atoms with van der Waals surface area (Å²) in [5, 5.41) is 4.22. The number of fused-ring (bicyclic) bond motifs is 1. The second kappa shape index (κ2) is 8.42. The number of rotatable bonds is 5. The van der Waals surface area contributed by atoms with Gasteiger partial charge in [0.25, 0.3) is 0 Å². The van der Waals surface area contributed by atoms with Gasteiger partial charge in [-0.05, 0) is 36.1 Å². The van der Waals surface area contributed by atoms with Crippen LogP contribution in [-0.2, 0) is 11.3 Å². The summed E-state index contributed by atoms with van der Waals surface area (Å²) in [4.78, 5) is 23.1. The topological polar surface area (TPSA) is 36.4 Å². The number of nitrogens with zero attached hydrogens (tertiary/aromatic N) is 3. The Morgan fingerprint density at radius 3 is 2.74 bits per heavy atom. The average Bonchev–Trinajstić information content (AvgIpc) is 3.20. The lowest BCUT2D eigenvalue weighted by atomic mass is 10.1. The first kappa shape index (κ1) is 18.5. The Balaban J connectivity index is 1.30. The summed E-state index contributed by atoms with van der Waals surface area (Å²) in [6.07, 6.45) is 0. The summed E-state index contributed by atoms with van der Waals surface area (Å²) in [5.41, 5.74) is 2.20. The standard InChI is InChI=1S/C21H23N3OS2/c1-16-13-20(22-19-7-3-2-6-18(16)19)27-15-21(25)24-10-8-23(9-11-24)14-17-5-4-12-26-17/h2-7,12-13H,8-11,14-15H2,1H3. The smallest absolute Gasteiger partial charge is 0.233 e. The van der Waals surface area contributed by atoms with Crippen LogP contribution in [0.3, 0.4) is 0 Å². The minimum atomic E-state index is 0.211. The molecule has 27 heavy (non-hydrogen) atoms. The molecule has 0 atom stereocenters. The van der Waals surface area contributed by atoms with E-state index in [0.29, 0.717) is 5.75 Å². The molecule has 1 amide bonds. The fraction of sp³-hybridized carbons (Fsp3) is 0.333. The molecule has 0 radical (unpaired) electrons. The molecule has 6 heteroatoms. The van der Waals surface area contributed by atoms with Gasteiger partial charge in [0, 0.05) is 43.0 Å². The molecular formula is C21H23N3OS2. The molecule has 0 aliphatic carbocycles. The molecule has 3 heterocycles. The molecule has 0 spiro atoms. The number of para-hydroxylation sites is 1. The highest BCUT2D eigenvalue weighted by atomic mass is 32.2. The van der Waals surface area contributed by atoms with Gasteiger partial charge >= 0.3 is 0 Å². The zero-order valence-corrected chi connectivity index (χ0v) is 17.1. The number of amides is 1. The number of piperazine rings is 1. The lowest BCUT2D eigenvalue weighted by molar-refractivity contribution is -0.130. The molecule has 1 aliphatic rings. The molecule has 0 unspecified atom stereocenters. The molecule has 1 aliphatic heterocycles. The van der Waals surface area contributed by atoms with Gasteiger partial charge in [-0.25, -0.2) is 4.98 Å². The van der Waals surface area contributed by atoms with Crippen LogP contribution in [0.15, 0.2) is 52.9 Å². The van der Waals surface area contributed by atoms with Crippen molar-refractivity contribution in [3.05, 3.63) is 58.3 Å². The van der Waals surface area contributed by atoms with Gasteiger partial charge in [0.15, 0.2) is 0 Å². The number of pyridine rings is 1. The highest BCUT2D eigenvalue weighted by Crippen LogP contribution is 2.24. The van der Waals surface area contributed by atoms with Crippen LogP contribution < -0.4 is 0 Å². The van der Waals surface area contributed by atoms with Crippen LogP contribution in [0.2, 0.25) is 0 Å². The average molecular weight is 398 g/mol. The second-order valence-corrected chi connectivity index (χ2v) is 8.85. The number of carbonyl (C=O) groups is 1. The maximum absolute atomic E-state index is 12.6. The molecule has 2 aromatic heterocycles. The number of thiophene rings is 1. The summed E-state index contributed by atoms with van der Waals surface area (Å²) in [6, 6.07) is 14.5. The predicted molar refractivity (Wildman–Crippen MR) is 113 cm³/mol. The van der Waals surface area contributed by atoms with Crippen molar-refractivity contribution in [2.45, 2.75) is 18.5 Å². The van der Waals surface area contributed by atoms with Crippen LogP contribution in [0.1, 0.15) is 10.4 Å². The Morgan fingerprint density at radius 1 is 1.15 bits per heavy atom. The molecule has 4 nitrogen and oxygen atoms in total. The van der Waals surface area contributed by atoms with E-state index in [-0.39, 0.29) is 5.91 Å². The lowest BCUT2D eigenvalue weighted by Crippen LogP contribution is -2.48. The fourth-order valence-corrected chi connectivity index (χ4v) is 5.02. The molecule has 0 saturated carbocycles. The normalized spacial score (nSPS) is 15.4. The van der Waals surface area contributed by atoms with Gasteiger partial charge in [-0.15, -0.1) is 11.3 Å². The maximum Gasteiger partial charge on any atom is 0.233 e. The number of aromatic nitrogens is 1. The van der Waals surface area contributed by atoms with Crippen molar-refractivity contribution < 1.29 is 4.79 Å². The molecule has 1 fully saturated rings. The van der Waals surface area contributed by atoms with Gasteiger partial charge in [-0.2, -0.15) is 0 Å². The van der Waals surface area contributed by atoms with E-state index >= 15 is 0 Å². The minimum Gasteiger partial charge on any atom is -0.339 e. The van der Waals surface area contributed by atoms with Crippen LogP contribution >= 0.6 is 23.1 Å². The summed E-state index contributed by atoms with van der Waals surface area (Å²) in [5.74, 6) is 0.666. The van der Waals surface area contributed by atoms with Crippen LogP contribution in [-0.4, -0.2) is 52.6 Å². The highest BCUT2D eigenvalue weighted by molar-refractivity contribution is 7.99. The van der Waals surface area contributed by atoms with Crippen LogP contribution in [0.4, 0.5) is 0 Å². The first-order valence-electron chi connectivity index (χ1n) is 9.21. The van der Waals surface area contributed by atoms with Gasteiger partial charge < -0.3 is 4.90 Å². The van der Waals surface area contributed by atoms with E-state index in [0.717, 1.165) is 43.3 Å². The monoisotopic (exact) mass is 397 g/mol. The number of benzene rings is 1. The third-order valence-electron chi connectivity index (χ3n) is 4.93. The molecule has 140 valence electrons. The molecule has 1 aromatic carbocycles. The molecule has 4 rings (SSSR count). The zero-order chi connectivity index (χ0) is 18.6. The number of carbonyl (C=O) groups excluding carboxylic acids is 1. The van der Waals surface area contributed by atoms with E-state index in [1.165, 1.54) is 15.8 Å². The van der Waals surface area contributed by atoms with Crippen molar-refractivity contribution in [2.75, 3.05) is 31.9 Å². The van der Waals surface area contributed by atoms with Gasteiger partial charge in [-0.1, -0.05) is 36.0 Å². The van der Waals surface area contributed by atoms with Gasteiger partial charge in [0.1, 0.15) is 0 Å². The maximum atomic E-state index is 12.6. The largest absolute Gasteiger partial charge is 0.339 e. The Hall–Kier alpha value is -1.89. The quantitative estimate of drug-likeness (QED) is 0.609. The summed E-state index contributed by atoms with van der Waals surface area (Å²) < 4.78 is 0. The summed E-state index contributed by atoms with van der Waals surface area (Å²) >= 11 is 3.34. The van der Waals surface area contributed by atoms with E-state index in [2.05, 4.69) is 41.5 Å². The fourth-order valence-electron chi connectivity index (χ4n) is 3.40. The Morgan fingerprint density at radius 2 is 1.96 bits per heavy atom. The predicted octanol–water partition coefficient (Wildman–Crippen LogP) is 4.04. The Bertz CT molecular complexity index is 918. The number of thioether (sulfide) groups is 1. The van der Waals surface area contributed by atoms with Crippen molar-refractivity contribution in [1.82, 2.24) is 14.8 Å². The van der Waals surface area contributed by atoms with Crippen molar-refractivity contribution in [1.29, 1.82) is 0 Å². The van der Waals surface area contributed by atoms with Crippen LogP contribution in [0.5, 0.6) is 0 Å². The Kier molecular flexibility index (Phi) is 5.76. The lowest BCUT2D eigenvalue weighted by Gasteiger charge is -2.34. The van der Waals surface area contributed by atoms with Crippen LogP contribution in [0.25, 0.3) is 10.9 Å². The van der Waals surface area contributed by atoms with Crippen molar-refractivity contribution >= 4 is 39.9 Å². The van der Waals surface area contributed by atoms with Crippen molar-refractivity contribution in [3.63, 3.8) is 0 Å². The first-order valence-corrected chi connectivity index (χ1v) is 11.1. The molecule has 0 N–H and O–H groups in total. The molecule has 0 bridgehead atoms. The van der Waals surface area contributed by atoms with E-state index in [1.807, 2.05) is 23.1 Å². The van der Waals surface area contributed by atoms with E-state index in [1.54, 1.807) is 23.1 Å². The SMILES string of the molecule is Cc1cc(SCC(=O)N2CCN(Cc3cccs3)CC2)nc2ccccc12. The zero-order valence-electron chi connectivity index (χ0n) is 15.4. The second-order valence-electron chi connectivity index (χ2n) is 6.82.